The van der Waals surface area contributed by atoms with E-state index in [1.165, 1.54) is 12.1 Å². The van der Waals surface area contributed by atoms with Crippen LogP contribution in [0.5, 0.6) is 0 Å². The fraction of sp³-hybridized carbons (Fsp3) is 0.526. The number of amides is 1. The molecule has 0 aliphatic heterocycles. The van der Waals surface area contributed by atoms with E-state index in [4.69, 9.17) is 15.0 Å². The second-order valence-corrected chi connectivity index (χ2v) is 6.24. The van der Waals surface area contributed by atoms with E-state index in [0.717, 1.165) is 19.3 Å². The van der Waals surface area contributed by atoms with Crippen molar-refractivity contribution >= 4 is 5.91 Å². The minimum atomic E-state index is -0.318. The molecule has 0 aliphatic rings. The summed E-state index contributed by atoms with van der Waals surface area (Å²) in [7, 11) is 1.61. The highest BCUT2D eigenvalue weighted by Gasteiger charge is 2.15. The zero-order valence-corrected chi connectivity index (χ0v) is 15.7. The van der Waals surface area contributed by atoms with Crippen LogP contribution in [0.2, 0.25) is 0 Å². The molecule has 27 heavy (non-hydrogen) atoms. The molecule has 1 amide bonds. The highest BCUT2D eigenvalue weighted by atomic mass is 19.1. The highest BCUT2D eigenvalue weighted by Crippen LogP contribution is 2.16. The van der Waals surface area contributed by atoms with Crippen LogP contribution >= 0.6 is 0 Å². The Hall–Kier alpha value is -2.32. The molecule has 2 rings (SSSR count). The zero-order valence-electron chi connectivity index (χ0n) is 15.7. The van der Waals surface area contributed by atoms with Crippen molar-refractivity contribution in [2.24, 2.45) is 5.73 Å². The summed E-state index contributed by atoms with van der Waals surface area (Å²) >= 11 is 0. The largest absolute Gasteiger partial charge is 0.383 e. The van der Waals surface area contributed by atoms with Gasteiger partial charge in [0.05, 0.1) is 6.61 Å². The number of nitrogens with zero attached hydrogens (tertiary/aromatic N) is 3. The molecule has 8 heteroatoms. The van der Waals surface area contributed by atoms with Crippen molar-refractivity contribution in [3.63, 3.8) is 0 Å². The lowest BCUT2D eigenvalue weighted by molar-refractivity contribution is -0.132. The van der Waals surface area contributed by atoms with Gasteiger partial charge in [-0.2, -0.15) is 4.98 Å². The third kappa shape index (κ3) is 7.07. The smallest absolute Gasteiger partial charge is 0.228 e. The zero-order chi connectivity index (χ0) is 19.5. The summed E-state index contributed by atoms with van der Waals surface area (Å²) in [4.78, 5) is 18.5. The molecule has 2 aromatic rings. The molecule has 0 aliphatic carbocycles. The minimum Gasteiger partial charge on any atom is -0.383 e. The Kier molecular flexibility index (Phi) is 8.86. The van der Waals surface area contributed by atoms with Crippen LogP contribution in [-0.4, -0.2) is 54.3 Å². The van der Waals surface area contributed by atoms with Gasteiger partial charge in [0.2, 0.25) is 17.6 Å². The maximum absolute atomic E-state index is 13.0. The average Bonchev–Trinajstić information content (AvgIpc) is 3.14. The van der Waals surface area contributed by atoms with E-state index in [-0.39, 0.29) is 11.7 Å². The number of benzene rings is 1. The second kappa shape index (κ2) is 11.4. The fourth-order valence-corrected chi connectivity index (χ4v) is 2.62. The van der Waals surface area contributed by atoms with Gasteiger partial charge < -0.3 is 19.9 Å². The van der Waals surface area contributed by atoms with E-state index in [1.54, 1.807) is 24.1 Å². The first-order chi connectivity index (χ1) is 13.1. The van der Waals surface area contributed by atoms with Crippen molar-refractivity contribution in [3.05, 3.63) is 36.0 Å². The van der Waals surface area contributed by atoms with Gasteiger partial charge in [-0.05, 0) is 43.7 Å². The van der Waals surface area contributed by atoms with Crippen molar-refractivity contribution < 1.29 is 18.4 Å². The molecule has 1 heterocycles. The Bertz CT molecular complexity index is 691. The van der Waals surface area contributed by atoms with Crippen LogP contribution < -0.4 is 5.73 Å². The first kappa shape index (κ1) is 21.0. The van der Waals surface area contributed by atoms with Crippen molar-refractivity contribution in [2.75, 3.05) is 33.4 Å². The molecule has 1 aromatic carbocycles. The number of halogens is 1. The van der Waals surface area contributed by atoms with Crippen molar-refractivity contribution in [2.45, 2.75) is 32.1 Å². The summed E-state index contributed by atoms with van der Waals surface area (Å²) in [6.07, 6.45) is 3.65. The van der Waals surface area contributed by atoms with Crippen LogP contribution in [0.4, 0.5) is 4.39 Å². The predicted octanol–water partition coefficient (Wildman–Crippen LogP) is 2.41. The van der Waals surface area contributed by atoms with Crippen LogP contribution in [0.25, 0.3) is 11.4 Å². The summed E-state index contributed by atoms with van der Waals surface area (Å²) in [5.41, 5.74) is 6.16. The van der Waals surface area contributed by atoms with Crippen LogP contribution in [0.3, 0.4) is 0 Å². The number of hydrogen-bond donors (Lipinski definition) is 1. The summed E-state index contributed by atoms with van der Waals surface area (Å²) < 4.78 is 23.4. The third-order valence-electron chi connectivity index (χ3n) is 4.18. The summed E-state index contributed by atoms with van der Waals surface area (Å²) in [5.74, 6) is 0.609. The van der Waals surface area contributed by atoms with Crippen LogP contribution in [-0.2, 0) is 16.0 Å². The van der Waals surface area contributed by atoms with E-state index in [0.29, 0.717) is 56.4 Å². The lowest BCUT2D eigenvalue weighted by atomic mass is 10.1. The lowest BCUT2D eigenvalue weighted by Gasteiger charge is -2.21. The van der Waals surface area contributed by atoms with E-state index >= 15 is 0 Å². The number of hydrogen-bond acceptors (Lipinski definition) is 6. The maximum atomic E-state index is 13.0. The van der Waals surface area contributed by atoms with Crippen LogP contribution in [0.1, 0.15) is 31.6 Å². The maximum Gasteiger partial charge on any atom is 0.228 e. The van der Waals surface area contributed by atoms with E-state index in [1.807, 2.05) is 0 Å². The Labute approximate surface area is 158 Å². The van der Waals surface area contributed by atoms with Gasteiger partial charge >= 0.3 is 0 Å². The van der Waals surface area contributed by atoms with E-state index in [9.17, 15) is 9.18 Å². The molecule has 1 aromatic heterocycles. The molecule has 148 valence electrons. The average molecular weight is 378 g/mol. The molecule has 0 spiro atoms. The SMILES string of the molecule is COCCN(CCc1nc(-c2ccc(F)cc2)no1)C(=O)CCCCCN. The van der Waals surface area contributed by atoms with Gasteiger partial charge in [0, 0.05) is 38.6 Å². The third-order valence-corrected chi connectivity index (χ3v) is 4.18. The molecule has 2 N–H and O–H groups in total. The topological polar surface area (TPSA) is 94.5 Å². The molecular weight excluding hydrogens is 351 g/mol. The lowest BCUT2D eigenvalue weighted by Crippen LogP contribution is -2.35. The van der Waals surface area contributed by atoms with Gasteiger partial charge in [0.15, 0.2) is 0 Å². The number of carbonyl (C=O) groups is 1. The molecule has 0 bridgehead atoms. The second-order valence-electron chi connectivity index (χ2n) is 6.24. The number of carbonyl (C=O) groups excluding carboxylic acids is 1. The summed E-state index contributed by atoms with van der Waals surface area (Å²) in [6, 6.07) is 5.89. The Morgan fingerprint density at radius 2 is 2.00 bits per heavy atom. The standard InChI is InChI=1S/C19H27FN4O3/c1-26-14-13-24(18(25)5-3-2-4-11-21)12-10-17-22-19(23-27-17)15-6-8-16(20)9-7-15/h6-9H,2-5,10-14,21H2,1H3. The summed E-state index contributed by atoms with van der Waals surface area (Å²) in [6.45, 7) is 2.11. The molecular formula is C19H27FN4O3. The monoisotopic (exact) mass is 378 g/mol. The molecule has 7 nitrogen and oxygen atoms in total. The molecule has 0 saturated heterocycles. The minimum absolute atomic E-state index is 0.0855. The van der Waals surface area contributed by atoms with Gasteiger partial charge in [0.1, 0.15) is 5.82 Å². The Morgan fingerprint density at radius 1 is 1.22 bits per heavy atom. The molecule has 0 unspecified atom stereocenters. The number of nitrogens with two attached hydrogens (primary N) is 1. The molecule has 0 atom stereocenters. The first-order valence-corrected chi connectivity index (χ1v) is 9.19. The molecule has 0 fully saturated rings. The summed E-state index contributed by atoms with van der Waals surface area (Å²) in [5, 5.41) is 3.92. The predicted molar refractivity (Wildman–Crippen MR) is 99.4 cm³/mol. The van der Waals surface area contributed by atoms with E-state index < -0.39 is 0 Å². The molecule has 0 saturated carbocycles. The normalized spacial score (nSPS) is 10.9. The van der Waals surface area contributed by atoms with Gasteiger partial charge in [-0.1, -0.05) is 11.6 Å². The quantitative estimate of drug-likeness (QED) is 0.570. The van der Waals surface area contributed by atoms with Crippen LogP contribution in [0, 0.1) is 5.82 Å². The van der Waals surface area contributed by atoms with Gasteiger partial charge in [0.25, 0.3) is 0 Å². The van der Waals surface area contributed by atoms with Gasteiger partial charge in [-0.25, -0.2) is 4.39 Å². The number of unbranched alkanes of at least 4 members (excludes halogenated alkanes) is 2. The van der Waals surface area contributed by atoms with Gasteiger partial charge in [-0.15, -0.1) is 0 Å². The number of rotatable bonds is 12. The van der Waals surface area contributed by atoms with Crippen LogP contribution in [0.15, 0.2) is 28.8 Å². The van der Waals surface area contributed by atoms with E-state index in [2.05, 4.69) is 10.1 Å². The number of aromatic nitrogens is 2. The van der Waals surface area contributed by atoms with Crippen molar-refractivity contribution in [1.82, 2.24) is 15.0 Å². The highest BCUT2D eigenvalue weighted by molar-refractivity contribution is 5.76. The Morgan fingerprint density at radius 3 is 2.70 bits per heavy atom. The number of methoxy groups -OCH3 is 1. The number of ether oxygens (including phenoxy) is 1. The van der Waals surface area contributed by atoms with Gasteiger partial charge in [-0.3, -0.25) is 4.79 Å². The van der Waals surface area contributed by atoms with Crippen molar-refractivity contribution in [1.29, 1.82) is 0 Å². The molecule has 0 radical (unpaired) electrons. The fourth-order valence-electron chi connectivity index (χ4n) is 2.62. The Balaban J connectivity index is 1.89. The van der Waals surface area contributed by atoms with Crippen molar-refractivity contribution in [3.8, 4) is 11.4 Å². The first-order valence-electron chi connectivity index (χ1n) is 9.19.